The van der Waals surface area contributed by atoms with Gasteiger partial charge in [-0.15, -0.1) is 0 Å². The summed E-state index contributed by atoms with van der Waals surface area (Å²) in [5, 5.41) is 0. The molecule has 0 aromatic carbocycles. The molecule has 1 heteroatoms. The van der Waals surface area contributed by atoms with Crippen LogP contribution in [0.2, 0.25) is 0 Å². The molecule has 6 atom stereocenters. The largest absolute Gasteiger partial charge is 0.299 e. The van der Waals surface area contributed by atoms with Crippen molar-refractivity contribution in [3.05, 3.63) is 11.6 Å². The second-order valence-electron chi connectivity index (χ2n) is 9.19. The van der Waals surface area contributed by atoms with Gasteiger partial charge in [-0.3, -0.25) is 4.79 Å². The second kappa shape index (κ2) is 4.95. The van der Waals surface area contributed by atoms with Crippen LogP contribution < -0.4 is 0 Å². The third-order valence-electron chi connectivity index (χ3n) is 8.49. The lowest BCUT2D eigenvalue weighted by molar-refractivity contribution is -0.131. The predicted octanol–water partition coefficient (Wildman–Crippen LogP) is 5.54. The van der Waals surface area contributed by atoms with Gasteiger partial charge in [0, 0.05) is 11.8 Å². The Labute approximate surface area is 135 Å². The van der Waals surface area contributed by atoms with Crippen LogP contribution >= 0.6 is 0 Å². The molecule has 3 fully saturated rings. The van der Waals surface area contributed by atoms with E-state index in [4.69, 9.17) is 0 Å². The molecular weight excluding hydrogens is 268 g/mol. The number of Topliss-reactive ketones (excluding diaryl/α,β-unsaturated/α-hetero) is 1. The molecule has 0 bridgehead atoms. The van der Waals surface area contributed by atoms with Crippen molar-refractivity contribution in [2.45, 2.75) is 78.6 Å². The summed E-state index contributed by atoms with van der Waals surface area (Å²) >= 11 is 0. The number of hydrogen-bond acceptors (Lipinski definition) is 1. The van der Waals surface area contributed by atoms with Gasteiger partial charge in [-0.2, -0.15) is 0 Å². The van der Waals surface area contributed by atoms with Gasteiger partial charge in [0.1, 0.15) is 5.78 Å². The van der Waals surface area contributed by atoms with Crippen molar-refractivity contribution in [2.24, 2.45) is 34.5 Å². The van der Waals surface area contributed by atoms with Gasteiger partial charge >= 0.3 is 0 Å². The molecule has 0 spiro atoms. The van der Waals surface area contributed by atoms with Gasteiger partial charge in [0.15, 0.2) is 0 Å². The standard InChI is InChI=1S/C21H32O/c1-4-14-9-11-20(2)15(13-14)5-6-16-17-7-8-19(22)21(17,3)12-10-18(16)20/h5,14,16-18H,4,6-13H2,1-3H3/t14?,16-,17-,18+,20-,21-/m0/s1. The van der Waals surface area contributed by atoms with Crippen molar-refractivity contribution < 1.29 is 4.79 Å². The smallest absolute Gasteiger partial charge is 0.139 e. The lowest BCUT2D eigenvalue weighted by atomic mass is 9.47. The number of hydrogen-bond donors (Lipinski definition) is 0. The van der Waals surface area contributed by atoms with E-state index in [9.17, 15) is 4.79 Å². The van der Waals surface area contributed by atoms with Crippen molar-refractivity contribution in [2.75, 3.05) is 0 Å². The van der Waals surface area contributed by atoms with E-state index in [0.29, 0.717) is 17.1 Å². The number of rotatable bonds is 1. The molecule has 4 rings (SSSR count). The summed E-state index contributed by atoms with van der Waals surface area (Å²) in [5.41, 5.74) is 2.28. The number of ketones is 1. The van der Waals surface area contributed by atoms with Gasteiger partial charge in [-0.05, 0) is 74.0 Å². The average molecular weight is 300 g/mol. The van der Waals surface area contributed by atoms with Crippen LogP contribution in [0.1, 0.15) is 78.6 Å². The molecule has 0 aromatic rings. The second-order valence-corrected chi connectivity index (χ2v) is 9.19. The Hall–Kier alpha value is -0.590. The Kier molecular flexibility index (Phi) is 3.37. The van der Waals surface area contributed by atoms with Gasteiger partial charge in [0.25, 0.3) is 0 Å². The van der Waals surface area contributed by atoms with E-state index >= 15 is 0 Å². The third kappa shape index (κ3) is 1.86. The van der Waals surface area contributed by atoms with E-state index in [1.807, 2.05) is 0 Å². The average Bonchev–Trinajstić information content (AvgIpc) is 2.82. The summed E-state index contributed by atoms with van der Waals surface area (Å²) in [6.07, 6.45) is 13.9. The van der Waals surface area contributed by atoms with Crippen LogP contribution in [0.4, 0.5) is 0 Å². The first-order chi connectivity index (χ1) is 10.5. The fourth-order valence-corrected chi connectivity index (χ4v) is 6.86. The summed E-state index contributed by atoms with van der Waals surface area (Å²) in [6, 6.07) is 0. The number of carbonyl (C=O) groups is 1. The van der Waals surface area contributed by atoms with Crippen LogP contribution in [0.3, 0.4) is 0 Å². The molecule has 0 N–H and O–H groups in total. The first-order valence-electron chi connectivity index (χ1n) is 9.72. The van der Waals surface area contributed by atoms with Crippen LogP contribution in [0.5, 0.6) is 0 Å². The van der Waals surface area contributed by atoms with Crippen LogP contribution in [-0.4, -0.2) is 5.78 Å². The lowest BCUT2D eigenvalue weighted by Gasteiger charge is -2.57. The van der Waals surface area contributed by atoms with Crippen molar-refractivity contribution >= 4 is 5.78 Å². The maximum Gasteiger partial charge on any atom is 0.139 e. The monoisotopic (exact) mass is 300 g/mol. The van der Waals surface area contributed by atoms with Crippen molar-refractivity contribution in [1.82, 2.24) is 0 Å². The van der Waals surface area contributed by atoms with Gasteiger partial charge in [0.05, 0.1) is 0 Å². The fraction of sp³-hybridized carbons (Fsp3) is 0.857. The van der Waals surface area contributed by atoms with E-state index in [2.05, 4.69) is 26.8 Å². The molecule has 3 saturated carbocycles. The first-order valence-corrected chi connectivity index (χ1v) is 9.72. The Morgan fingerprint density at radius 1 is 1.09 bits per heavy atom. The third-order valence-corrected chi connectivity index (χ3v) is 8.49. The zero-order valence-electron chi connectivity index (χ0n) is 14.7. The highest BCUT2D eigenvalue weighted by atomic mass is 16.1. The minimum Gasteiger partial charge on any atom is -0.299 e. The molecule has 22 heavy (non-hydrogen) atoms. The molecule has 122 valence electrons. The van der Waals surface area contributed by atoms with Gasteiger partial charge < -0.3 is 0 Å². The molecule has 1 nitrogen and oxygen atoms in total. The Balaban J connectivity index is 1.66. The Morgan fingerprint density at radius 3 is 2.59 bits per heavy atom. The molecule has 0 radical (unpaired) electrons. The molecule has 4 aliphatic rings. The first kappa shape index (κ1) is 15.0. The van der Waals surface area contributed by atoms with Gasteiger partial charge in [-0.1, -0.05) is 38.8 Å². The lowest BCUT2D eigenvalue weighted by Crippen LogP contribution is -2.50. The maximum absolute atomic E-state index is 12.4. The zero-order chi connectivity index (χ0) is 15.5. The highest BCUT2D eigenvalue weighted by Crippen LogP contribution is 2.64. The topological polar surface area (TPSA) is 17.1 Å². The summed E-state index contributed by atoms with van der Waals surface area (Å²) in [5.74, 6) is 3.83. The number of fused-ring (bicyclic) bond motifs is 5. The Morgan fingerprint density at radius 2 is 1.82 bits per heavy atom. The van der Waals surface area contributed by atoms with Crippen molar-refractivity contribution in [3.63, 3.8) is 0 Å². The fourth-order valence-electron chi connectivity index (χ4n) is 6.86. The number of carbonyl (C=O) groups excluding carboxylic acids is 1. The Bertz CT molecular complexity index is 518. The molecular formula is C21H32O. The highest BCUT2D eigenvalue weighted by molar-refractivity contribution is 5.87. The zero-order valence-corrected chi connectivity index (χ0v) is 14.7. The van der Waals surface area contributed by atoms with Crippen LogP contribution in [0, 0.1) is 34.5 Å². The van der Waals surface area contributed by atoms with E-state index in [-0.39, 0.29) is 5.41 Å². The summed E-state index contributed by atoms with van der Waals surface area (Å²) in [7, 11) is 0. The van der Waals surface area contributed by atoms with E-state index < -0.39 is 0 Å². The summed E-state index contributed by atoms with van der Waals surface area (Å²) < 4.78 is 0. The highest BCUT2D eigenvalue weighted by Gasteiger charge is 2.58. The molecule has 0 aliphatic heterocycles. The number of allylic oxidation sites excluding steroid dienone is 2. The molecule has 0 amide bonds. The molecule has 0 heterocycles. The SMILES string of the molecule is CCC1CC[C@@]2(C)C(=CC[C@@H]3[C@H]2CC[C@]2(C)C(=O)CC[C@@H]32)C1. The van der Waals surface area contributed by atoms with Gasteiger partial charge in [0.2, 0.25) is 0 Å². The molecule has 4 aliphatic carbocycles. The van der Waals surface area contributed by atoms with E-state index in [0.717, 1.165) is 30.6 Å². The summed E-state index contributed by atoms with van der Waals surface area (Å²) in [4.78, 5) is 12.4. The van der Waals surface area contributed by atoms with Crippen molar-refractivity contribution in [1.29, 1.82) is 0 Å². The molecule has 0 aromatic heterocycles. The quantitative estimate of drug-likeness (QED) is 0.581. The predicted molar refractivity (Wildman–Crippen MR) is 90.5 cm³/mol. The van der Waals surface area contributed by atoms with Crippen LogP contribution in [0.15, 0.2) is 11.6 Å². The van der Waals surface area contributed by atoms with E-state index in [1.165, 1.54) is 44.9 Å². The van der Waals surface area contributed by atoms with Crippen LogP contribution in [-0.2, 0) is 4.79 Å². The summed E-state index contributed by atoms with van der Waals surface area (Å²) in [6.45, 7) is 7.22. The van der Waals surface area contributed by atoms with E-state index in [1.54, 1.807) is 5.57 Å². The van der Waals surface area contributed by atoms with Crippen LogP contribution in [0.25, 0.3) is 0 Å². The van der Waals surface area contributed by atoms with Crippen molar-refractivity contribution in [3.8, 4) is 0 Å². The molecule has 1 unspecified atom stereocenters. The molecule has 0 saturated heterocycles. The minimum atomic E-state index is 0.0312. The minimum absolute atomic E-state index is 0.0312. The maximum atomic E-state index is 12.4. The normalized spacial score (nSPS) is 50.9. The van der Waals surface area contributed by atoms with Gasteiger partial charge in [-0.25, -0.2) is 0 Å².